The third kappa shape index (κ3) is 2.53. The fourth-order valence-corrected chi connectivity index (χ4v) is 2.52. The van der Waals surface area contributed by atoms with Gasteiger partial charge in [0.15, 0.2) is 5.69 Å². The summed E-state index contributed by atoms with van der Waals surface area (Å²) in [7, 11) is 1.68. The topological polar surface area (TPSA) is 80.1 Å². The number of aromatic nitrogens is 2. The molecular weight excluding hydrogens is 268 g/mol. The van der Waals surface area contributed by atoms with Gasteiger partial charge in [-0.2, -0.15) is 5.26 Å². The molecule has 0 radical (unpaired) electrons. The fourth-order valence-electron chi connectivity index (χ4n) is 2.52. The Labute approximate surface area is 122 Å². The average Bonchev–Trinajstić information content (AvgIpc) is 3.02. The Balaban J connectivity index is 1.94. The lowest BCUT2D eigenvalue weighted by Gasteiger charge is -2.26. The molecule has 2 aromatic rings. The van der Waals surface area contributed by atoms with Gasteiger partial charge < -0.3 is 14.8 Å². The molecule has 0 aliphatic carbocycles. The van der Waals surface area contributed by atoms with Crippen LogP contribution in [0.25, 0.3) is 10.9 Å². The van der Waals surface area contributed by atoms with Crippen LogP contribution in [0.15, 0.2) is 24.3 Å². The number of nitrogens with zero attached hydrogens (tertiary/aromatic N) is 3. The van der Waals surface area contributed by atoms with Crippen molar-refractivity contribution in [2.24, 2.45) is 0 Å². The number of fused-ring (bicyclic) bond motifs is 1. The lowest BCUT2D eigenvalue weighted by Crippen LogP contribution is -2.39. The first kappa shape index (κ1) is 13.7. The Morgan fingerprint density at radius 2 is 2.29 bits per heavy atom. The van der Waals surface area contributed by atoms with Crippen molar-refractivity contribution >= 4 is 16.6 Å². The van der Waals surface area contributed by atoms with Gasteiger partial charge in [-0.1, -0.05) is 18.2 Å². The monoisotopic (exact) mass is 284 g/mol. The van der Waals surface area contributed by atoms with Gasteiger partial charge in [-0.25, -0.2) is 0 Å². The van der Waals surface area contributed by atoms with E-state index in [0.29, 0.717) is 31.1 Å². The molecule has 21 heavy (non-hydrogen) atoms. The molecule has 1 saturated heterocycles. The van der Waals surface area contributed by atoms with E-state index in [1.54, 1.807) is 7.11 Å². The number of benzene rings is 1. The molecule has 0 bridgehead atoms. The molecule has 0 amide bonds. The van der Waals surface area contributed by atoms with Crippen LogP contribution < -0.4 is 5.32 Å². The van der Waals surface area contributed by atoms with Gasteiger partial charge in [-0.15, -0.1) is 10.2 Å². The highest BCUT2D eigenvalue weighted by atomic mass is 16.5. The van der Waals surface area contributed by atoms with Crippen molar-refractivity contribution in [1.82, 2.24) is 10.2 Å². The van der Waals surface area contributed by atoms with Crippen molar-refractivity contribution in [3.63, 3.8) is 0 Å². The summed E-state index contributed by atoms with van der Waals surface area (Å²) in [6, 6.07) is 9.70. The molecule has 1 aliphatic heterocycles. The zero-order valence-corrected chi connectivity index (χ0v) is 11.8. The van der Waals surface area contributed by atoms with Gasteiger partial charge in [0, 0.05) is 32.1 Å². The Kier molecular flexibility index (Phi) is 3.69. The molecule has 6 heteroatoms. The number of hydrogen-bond donors (Lipinski definition) is 1. The van der Waals surface area contributed by atoms with Crippen LogP contribution in [0.4, 0.5) is 5.69 Å². The standard InChI is InChI=1S/C15H16N4O2/c1-20-15(6-7-21-10-15)9-17-14-11-4-2-3-5-12(11)18-19-13(14)8-16/h2-5H,6-7,9-10H2,1H3,(H,17,18). The van der Waals surface area contributed by atoms with Crippen LogP contribution in [0, 0.1) is 11.3 Å². The predicted octanol–water partition coefficient (Wildman–Crippen LogP) is 1.72. The molecule has 1 unspecified atom stereocenters. The van der Waals surface area contributed by atoms with Gasteiger partial charge >= 0.3 is 0 Å². The number of rotatable bonds is 4. The number of nitrogens with one attached hydrogen (secondary N) is 1. The molecule has 1 aliphatic rings. The summed E-state index contributed by atoms with van der Waals surface area (Å²) < 4.78 is 11.0. The van der Waals surface area contributed by atoms with Crippen LogP contribution in [0.5, 0.6) is 0 Å². The van der Waals surface area contributed by atoms with Crippen LogP contribution in [0.1, 0.15) is 12.1 Å². The zero-order valence-electron chi connectivity index (χ0n) is 11.8. The molecule has 3 rings (SSSR count). The first-order chi connectivity index (χ1) is 10.3. The molecule has 1 atom stereocenters. The lowest BCUT2D eigenvalue weighted by atomic mass is 10.0. The molecule has 1 aromatic heterocycles. The fraction of sp³-hybridized carbons (Fsp3) is 0.400. The van der Waals surface area contributed by atoms with E-state index >= 15 is 0 Å². The van der Waals surface area contributed by atoms with Crippen molar-refractivity contribution < 1.29 is 9.47 Å². The summed E-state index contributed by atoms with van der Waals surface area (Å²) in [4.78, 5) is 0. The van der Waals surface area contributed by atoms with E-state index < -0.39 is 0 Å². The summed E-state index contributed by atoms with van der Waals surface area (Å²) >= 11 is 0. The number of ether oxygens (including phenoxy) is 2. The van der Waals surface area contributed by atoms with Crippen LogP contribution in [0.3, 0.4) is 0 Å². The number of methoxy groups -OCH3 is 1. The third-order valence-corrected chi connectivity index (χ3v) is 3.86. The van der Waals surface area contributed by atoms with Gasteiger partial charge in [0.25, 0.3) is 0 Å². The quantitative estimate of drug-likeness (QED) is 0.920. The summed E-state index contributed by atoms with van der Waals surface area (Å²) in [5.41, 5.74) is 1.40. The smallest absolute Gasteiger partial charge is 0.186 e. The first-order valence-corrected chi connectivity index (χ1v) is 6.80. The van der Waals surface area contributed by atoms with Crippen molar-refractivity contribution in [1.29, 1.82) is 5.26 Å². The van der Waals surface area contributed by atoms with E-state index in [1.165, 1.54) is 0 Å². The molecule has 1 N–H and O–H groups in total. The highest BCUT2D eigenvalue weighted by Crippen LogP contribution is 2.27. The van der Waals surface area contributed by atoms with E-state index in [2.05, 4.69) is 21.6 Å². The summed E-state index contributed by atoms with van der Waals surface area (Å²) in [6.07, 6.45) is 0.828. The summed E-state index contributed by atoms with van der Waals surface area (Å²) in [6.45, 7) is 1.80. The Hall–Kier alpha value is -2.23. The van der Waals surface area contributed by atoms with E-state index in [0.717, 1.165) is 17.3 Å². The van der Waals surface area contributed by atoms with Crippen molar-refractivity contribution in [2.75, 3.05) is 32.2 Å². The van der Waals surface area contributed by atoms with Crippen LogP contribution >= 0.6 is 0 Å². The molecule has 6 nitrogen and oxygen atoms in total. The minimum absolute atomic E-state index is 0.291. The Bertz CT molecular complexity index is 690. The normalized spacial score (nSPS) is 21.3. The maximum Gasteiger partial charge on any atom is 0.186 e. The van der Waals surface area contributed by atoms with Crippen molar-refractivity contribution in [3.8, 4) is 6.07 Å². The lowest BCUT2D eigenvalue weighted by molar-refractivity contribution is -0.00618. The zero-order chi connectivity index (χ0) is 14.7. The molecule has 0 saturated carbocycles. The molecule has 108 valence electrons. The van der Waals surface area contributed by atoms with Gasteiger partial charge in [0.2, 0.25) is 0 Å². The molecule has 1 fully saturated rings. The highest BCUT2D eigenvalue weighted by Gasteiger charge is 2.35. The van der Waals surface area contributed by atoms with Gasteiger partial charge in [0.05, 0.1) is 17.8 Å². The maximum atomic E-state index is 9.24. The third-order valence-electron chi connectivity index (χ3n) is 3.86. The SMILES string of the molecule is COC1(CNc2c(C#N)nnc3ccccc23)CCOC1. The summed E-state index contributed by atoms with van der Waals surface area (Å²) in [5, 5.41) is 21.5. The van der Waals surface area contributed by atoms with Gasteiger partial charge in [-0.3, -0.25) is 0 Å². The minimum atomic E-state index is -0.350. The van der Waals surface area contributed by atoms with Gasteiger partial charge in [0.1, 0.15) is 11.7 Å². The number of anilines is 1. The van der Waals surface area contributed by atoms with Gasteiger partial charge in [-0.05, 0) is 6.07 Å². The average molecular weight is 284 g/mol. The second-order valence-electron chi connectivity index (χ2n) is 5.10. The predicted molar refractivity (Wildman–Crippen MR) is 77.9 cm³/mol. The molecular formula is C15H16N4O2. The van der Waals surface area contributed by atoms with Crippen LogP contribution in [-0.4, -0.2) is 42.7 Å². The van der Waals surface area contributed by atoms with Crippen molar-refractivity contribution in [3.05, 3.63) is 30.0 Å². The second-order valence-corrected chi connectivity index (χ2v) is 5.10. The summed E-state index contributed by atoms with van der Waals surface area (Å²) in [5.74, 6) is 0. The van der Waals surface area contributed by atoms with E-state index in [1.807, 2.05) is 24.3 Å². The molecule has 1 aromatic carbocycles. The number of nitriles is 1. The second kappa shape index (κ2) is 5.64. The first-order valence-electron chi connectivity index (χ1n) is 6.80. The molecule has 0 spiro atoms. The molecule has 2 heterocycles. The maximum absolute atomic E-state index is 9.24. The van der Waals surface area contributed by atoms with Crippen molar-refractivity contribution in [2.45, 2.75) is 12.0 Å². The highest BCUT2D eigenvalue weighted by molar-refractivity contribution is 5.92. The van der Waals surface area contributed by atoms with E-state index in [9.17, 15) is 5.26 Å². The van der Waals surface area contributed by atoms with Crippen LogP contribution in [-0.2, 0) is 9.47 Å². The number of hydrogen-bond acceptors (Lipinski definition) is 6. The Morgan fingerprint density at radius 1 is 1.43 bits per heavy atom. The minimum Gasteiger partial charge on any atom is -0.379 e. The largest absolute Gasteiger partial charge is 0.379 e. The Morgan fingerprint density at radius 3 is 3.00 bits per heavy atom. The van der Waals surface area contributed by atoms with E-state index in [-0.39, 0.29) is 5.60 Å². The van der Waals surface area contributed by atoms with Crippen LogP contribution in [0.2, 0.25) is 0 Å². The van der Waals surface area contributed by atoms with E-state index in [4.69, 9.17) is 9.47 Å².